The second kappa shape index (κ2) is 6.02. The van der Waals surface area contributed by atoms with Gasteiger partial charge >= 0.3 is 0 Å². The Kier molecular flexibility index (Phi) is 4.24. The van der Waals surface area contributed by atoms with Crippen LogP contribution in [0.2, 0.25) is 0 Å². The van der Waals surface area contributed by atoms with Crippen LogP contribution in [0, 0.1) is 5.92 Å². The number of aliphatic hydroxyl groups excluding tert-OH is 3. The van der Waals surface area contributed by atoms with Gasteiger partial charge in [-0.25, -0.2) is 0 Å². The van der Waals surface area contributed by atoms with Crippen LogP contribution in [0.5, 0.6) is 11.5 Å². The highest BCUT2D eigenvalue weighted by Gasteiger charge is 2.52. The minimum atomic E-state index is -1.21. The van der Waals surface area contributed by atoms with Crippen LogP contribution in [0.3, 0.4) is 0 Å². The number of fused-ring (bicyclic) bond motifs is 2. The Labute approximate surface area is 128 Å². The normalized spacial score (nSPS) is 37.0. The van der Waals surface area contributed by atoms with Gasteiger partial charge in [0.2, 0.25) is 6.29 Å². The van der Waals surface area contributed by atoms with Crippen molar-refractivity contribution in [1.29, 1.82) is 0 Å². The largest absolute Gasteiger partial charge is 0.497 e. The number of hydrogen-bond acceptors (Lipinski definition) is 7. The zero-order valence-corrected chi connectivity index (χ0v) is 12.4. The molecule has 0 aromatic heterocycles. The van der Waals surface area contributed by atoms with Crippen molar-refractivity contribution < 1.29 is 34.3 Å². The second-order valence-electron chi connectivity index (χ2n) is 5.46. The molecule has 0 radical (unpaired) electrons. The topological polar surface area (TPSA) is 97.6 Å². The van der Waals surface area contributed by atoms with Crippen molar-refractivity contribution in [2.24, 2.45) is 5.92 Å². The lowest BCUT2D eigenvalue weighted by Gasteiger charge is -2.47. The number of aliphatic hydroxyl groups is 3. The maximum atomic E-state index is 10.4. The van der Waals surface area contributed by atoms with Crippen LogP contribution in [0.25, 0.3) is 0 Å². The Morgan fingerprint density at radius 2 is 1.95 bits per heavy atom. The molecule has 1 aromatic rings. The molecule has 6 unspecified atom stereocenters. The van der Waals surface area contributed by atoms with Crippen LogP contribution in [0.15, 0.2) is 18.2 Å². The van der Waals surface area contributed by atoms with Crippen LogP contribution in [0.1, 0.15) is 11.7 Å². The van der Waals surface area contributed by atoms with Crippen molar-refractivity contribution in [3.63, 3.8) is 0 Å². The van der Waals surface area contributed by atoms with Gasteiger partial charge in [-0.05, 0) is 18.2 Å². The maximum absolute atomic E-state index is 10.4. The van der Waals surface area contributed by atoms with Crippen molar-refractivity contribution >= 4 is 0 Å². The third-order valence-electron chi connectivity index (χ3n) is 4.30. The third kappa shape index (κ3) is 2.35. The Bertz CT molecular complexity index is 535. The van der Waals surface area contributed by atoms with Crippen LogP contribution < -0.4 is 9.47 Å². The van der Waals surface area contributed by atoms with E-state index in [0.29, 0.717) is 11.5 Å². The molecule has 6 atom stereocenters. The van der Waals surface area contributed by atoms with E-state index in [1.54, 1.807) is 25.3 Å². The first-order valence-corrected chi connectivity index (χ1v) is 7.10. The van der Waals surface area contributed by atoms with E-state index in [9.17, 15) is 15.3 Å². The average Bonchev–Trinajstić information content (AvgIpc) is 2.55. The monoisotopic (exact) mass is 312 g/mol. The lowest BCUT2D eigenvalue weighted by atomic mass is 9.82. The summed E-state index contributed by atoms with van der Waals surface area (Å²) in [4.78, 5) is 0. The van der Waals surface area contributed by atoms with Gasteiger partial charge < -0.3 is 34.3 Å². The van der Waals surface area contributed by atoms with Gasteiger partial charge in [-0.1, -0.05) is 0 Å². The summed E-state index contributed by atoms with van der Waals surface area (Å²) in [6.45, 7) is -0.405. The molecule has 0 aliphatic carbocycles. The Morgan fingerprint density at radius 3 is 2.59 bits per heavy atom. The minimum absolute atomic E-state index is 0.405. The molecule has 2 aliphatic rings. The fraction of sp³-hybridized carbons (Fsp3) is 0.600. The molecule has 1 fully saturated rings. The Hall–Kier alpha value is -1.38. The smallest absolute Gasteiger partial charge is 0.208 e. The summed E-state index contributed by atoms with van der Waals surface area (Å²) in [5.74, 6) is 0.597. The lowest BCUT2D eigenvalue weighted by Crippen LogP contribution is -2.60. The van der Waals surface area contributed by atoms with Gasteiger partial charge in [0, 0.05) is 12.7 Å². The zero-order valence-electron chi connectivity index (χ0n) is 12.4. The Morgan fingerprint density at radius 1 is 1.18 bits per heavy atom. The summed E-state index contributed by atoms with van der Waals surface area (Å²) in [6, 6.07) is 5.27. The van der Waals surface area contributed by atoms with Gasteiger partial charge in [0.05, 0.1) is 31.8 Å². The summed E-state index contributed by atoms with van der Waals surface area (Å²) >= 11 is 0. The third-order valence-corrected chi connectivity index (χ3v) is 4.30. The molecule has 0 spiro atoms. The van der Waals surface area contributed by atoms with Crippen LogP contribution in [-0.4, -0.2) is 60.7 Å². The van der Waals surface area contributed by atoms with E-state index in [4.69, 9.17) is 18.9 Å². The highest BCUT2D eigenvalue weighted by Crippen LogP contribution is 2.46. The fourth-order valence-electron chi connectivity index (χ4n) is 3.13. The van der Waals surface area contributed by atoms with Crippen LogP contribution >= 0.6 is 0 Å². The molecule has 2 heterocycles. The van der Waals surface area contributed by atoms with E-state index in [-0.39, 0.29) is 0 Å². The predicted octanol–water partition coefficient (Wildman–Crippen LogP) is -0.170. The van der Waals surface area contributed by atoms with E-state index in [1.165, 1.54) is 7.11 Å². The summed E-state index contributed by atoms with van der Waals surface area (Å²) in [6.07, 6.45) is -4.57. The number of rotatable bonds is 3. The number of hydrogen-bond donors (Lipinski definition) is 3. The quantitative estimate of drug-likeness (QED) is 0.713. The van der Waals surface area contributed by atoms with Gasteiger partial charge in [0.25, 0.3) is 0 Å². The second-order valence-corrected chi connectivity index (χ2v) is 5.46. The standard InChI is InChI=1S/C15H20O7/c1-19-7-3-4-9-8(5-7)14(20-2)11-13(18)12(17)10(6-16)22-15(11)21-9/h3-5,10-18H,6H2,1-2H3. The van der Waals surface area contributed by atoms with E-state index >= 15 is 0 Å². The number of benzene rings is 1. The molecule has 7 nitrogen and oxygen atoms in total. The molecule has 7 heteroatoms. The van der Waals surface area contributed by atoms with Gasteiger partial charge in [-0.3, -0.25) is 0 Å². The highest BCUT2D eigenvalue weighted by molar-refractivity contribution is 5.43. The van der Waals surface area contributed by atoms with Crippen molar-refractivity contribution in [1.82, 2.24) is 0 Å². The molecule has 0 saturated carbocycles. The summed E-state index contributed by atoms with van der Waals surface area (Å²) in [7, 11) is 3.08. The molecular formula is C15H20O7. The molecule has 0 amide bonds. The Balaban J connectivity index is 1.99. The van der Waals surface area contributed by atoms with Crippen molar-refractivity contribution in [2.45, 2.75) is 30.7 Å². The fourth-order valence-corrected chi connectivity index (χ4v) is 3.13. The average molecular weight is 312 g/mol. The predicted molar refractivity (Wildman–Crippen MR) is 74.6 cm³/mol. The SMILES string of the molecule is COc1ccc2c(c1)C(OC)C1C(O2)OC(CO)C(O)C1O. The van der Waals surface area contributed by atoms with E-state index in [2.05, 4.69) is 0 Å². The zero-order chi connectivity index (χ0) is 15.9. The van der Waals surface area contributed by atoms with Gasteiger partial charge in [0.15, 0.2) is 0 Å². The molecule has 1 saturated heterocycles. The first-order chi connectivity index (χ1) is 10.6. The molecule has 3 rings (SSSR count). The molecular weight excluding hydrogens is 292 g/mol. The van der Waals surface area contributed by atoms with Gasteiger partial charge in [-0.2, -0.15) is 0 Å². The van der Waals surface area contributed by atoms with Gasteiger partial charge in [-0.15, -0.1) is 0 Å². The molecule has 2 aliphatic heterocycles. The van der Waals surface area contributed by atoms with Crippen molar-refractivity contribution in [3.05, 3.63) is 23.8 Å². The summed E-state index contributed by atoms with van der Waals surface area (Å²) in [5.41, 5.74) is 0.723. The van der Waals surface area contributed by atoms with E-state index in [0.717, 1.165) is 5.56 Å². The maximum Gasteiger partial charge on any atom is 0.208 e. The first-order valence-electron chi connectivity index (χ1n) is 7.10. The molecule has 22 heavy (non-hydrogen) atoms. The molecule has 122 valence electrons. The first kappa shape index (κ1) is 15.5. The van der Waals surface area contributed by atoms with E-state index < -0.39 is 43.2 Å². The lowest BCUT2D eigenvalue weighted by molar-refractivity contribution is -0.285. The summed E-state index contributed by atoms with van der Waals surface area (Å²) in [5, 5.41) is 29.7. The number of ether oxygens (including phenoxy) is 4. The highest BCUT2D eigenvalue weighted by atomic mass is 16.7. The molecule has 3 N–H and O–H groups in total. The van der Waals surface area contributed by atoms with E-state index in [1.807, 2.05) is 0 Å². The van der Waals surface area contributed by atoms with Crippen LogP contribution in [-0.2, 0) is 9.47 Å². The minimum Gasteiger partial charge on any atom is -0.497 e. The number of methoxy groups -OCH3 is 2. The van der Waals surface area contributed by atoms with Crippen LogP contribution in [0.4, 0.5) is 0 Å². The summed E-state index contributed by atoms with van der Waals surface area (Å²) < 4.78 is 22.1. The van der Waals surface area contributed by atoms with Gasteiger partial charge in [0.1, 0.15) is 23.7 Å². The molecule has 0 bridgehead atoms. The van der Waals surface area contributed by atoms with Crippen molar-refractivity contribution in [3.8, 4) is 11.5 Å². The van der Waals surface area contributed by atoms with Crippen molar-refractivity contribution in [2.75, 3.05) is 20.8 Å². The molecule has 1 aromatic carbocycles.